The van der Waals surface area contributed by atoms with E-state index in [4.69, 9.17) is 19.6 Å². The van der Waals surface area contributed by atoms with Gasteiger partial charge in [0, 0.05) is 11.6 Å². The second-order valence-corrected chi connectivity index (χ2v) is 7.09. The van der Waals surface area contributed by atoms with Gasteiger partial charge >= 0.3 is 0 Å². The molecule has 3 heterocycles. The third-order valence-electron chi connectivity index (χ3n) is 4.08. The topological polar surface area (TPSA) is 90.3 Å². The molecule has 27 heavy (non-hydrogen) atoms. The van der Waals surface area contributed by atoms with E-state index in [1.165, 1.54) is 11.3 Å². The highest BCUT2D eigenvalue weighted by Gasteiger charge is 2.16. The summed E-state index contributed by atoms with van der Waals surface area (Å²) in [4.78, 5) is 19.1. The van der Waals surface area contributed by atoms with E-state index >= 15 is 0 Å². The van der Waals surface area contributed by atoms with Crippen LogP contribution in [0.4, 0.5) is 0 Å². The van der Waals surface area contributed by atoms with Gasteiger partial charge in [-0.05, 0) is 37.1 Å². The van der Waals surface area contributed by atoms with E-state index in [9.17, 15) is 0 Å². The number of aryl methyl sites for hydroxylation is 2. The Morgan fingerprint density at radius 1 is 1.04 bits per heavy atom. The van der Waals surface area contributed by atoms with Gasteiger partial charge in [0.1, 0.15) is 22.0 Å². The summed E-state index contributed by atoms with van der Waals surface area (Å²) in [5.74, 6) is 0.967. The summed E-state index contributed by atoms with van der Waals surface area (Å²) in [6, 6.07) is 5.87. The van der Waals surface area contributed by atoms with Gasteiger partial charge in [-0.15, -0.1) is 0 Å². The van der Waals surface area contributed by atoms with Crippen LogP contribution in [-0.2, 0) is 0 Å². The van der Waals surface area contributed by atoms with Gasteiger partial charge in [-0.2, -0.15) is 0 Å². The highest BCUT2D eigenvalue weighted by Crippen LogP contribution is 2.35. The summed E-state index contributed by atoms with van der Waals surface area (Å²) < 4.78 is 10.6. The second-order valence-electron chi connectivity index (χ2n) is 6.11. The van der Waals surface area contributed by atoms with E-state index in [1.807, 2.05) is 26.0 Å². The van der Waals surface area contributed by atoms with Crippen molar-refractivity contribution in [2.24, 2.45) is 0 Å². The van der Waals surface area contributed by atoms with Crippen LogP contribution < -0.4 is 9.47 Å². The molecular formula is C19H18N4O3S. The number of rotatable bonds is 5. The third-order valence-corrected chi connectivity index (χ3v) is 5.07. The van der Waals surface area contributed by atoms with Crippen LogP contribution in [0.3, 0.4) is 0 Å². The molecule has 0 aliphatic heterocycles. The number of thiazole rings is 1. The normalized spacial score (nSPS) is 11.3. The fraction of sp³-hybridized carbons (Fsp3) is 0.263. The minimum Gasteiger partial charge on any atom is -0.480 e. The Hall–Kier alpha value is -2.84. The molecule has 0 aliphatic rings. The number of aromatic nitrogens is 4. The summed E-state index contributed by atoms with van der Waals surface area (Å²) in [5.41, 5.74) is 5.33. The first-order chi connectivity index (χ1) is 13.1. The summed E-state index contributed by atoms with van der Waals surface area (Å²) in [6.45, 7) is 4.15. The van der Waals surface area contributed by atoms with Crippen LogP contribution in [0.2, 0.25) is 0 Å². The van der Waals surface area contributed by atoms with E-state index in [2.05, 4.69) is 21.0 Å². The minimum atomic E-state index is -0.0515. The molecule has 0 bridgehead atoms. The molecule has 0 saturated carbocycles. The van der Waals surface area contributed by atoms with Crippen molar-refractivity contribution in [3.63, 3.8) is 0 Å². The van der Waals surface area contributed by atoms with Crippen LogP contribution in [0.5, 0.6) is 11.8 Å². The zero-order chi connectivity index (χ0) is 19.0. The lowest BCUT2D eigenvalue weighted by atomic mass is 10.1. The maximum absolute atomic E-state index is 8.94. The predicted octanol–water partition coefficient (Wildman–Crippen LogP) is 3.30. The van der Waals surface area contributed by atoms with Gasteiger partial charge in [-0.1, -0.05) is 11.3 Å². The number of nitrogens with zero attached hydrogens (tertiary/aromatic N) is 4. The number of benzene rings is 1. The SMILES string of the molecule is COc1cnc2c(-c3nc4c(C)cc(OCCO)nc4s3)cc(C)cc2n1. The Kier molecular flexibility index (Phi) is 4.59. The van der Waals surface area contributed by atoms with E-state index < -0.39 is 0 Å². The predicted molar refractivity (Wildman–Crippen MR) is 105 cm³/mol. The van der Waals surface area contributed by atoms with Gasteiger partial charge < -0.3 is 14.6 Å². The van der Waals surface area contributed by atoms with Crippen LogP contribution in [0.1, 0.15) is 11.1 Å². The number of pyridine rings is 1. The molecule has 0 amide bonds. The fourth-order valence-electron chi connectivity index (χ4n) is 2.88. The molecular weight excluding hydrogens is 364 g/mol. The zero-order valence-electron chi connectivity index (χ0n) is 15.2. The molecule has 0 aliphatic carbocycles. The molecule has 8 heteroatoms. The van der Waals surface area contributed by atoms with Crippen molar-refractivity contribution in [1.82, 2.24) is 19.9 Å². The Bertz CT molecular complexity index is 1140. The quantitative estimate of drug-likeness (QED) is 0.566. The van der Waals surface area contributed by atoms with Gasteiger partial charge in [-0.25, -0.2) is 19.9 Å². The van der Waals surface area contributed by atoms with Crippen molar-refractivity contribution < 1.29 is 14.6 Å². The Morgan fingerprint density at radius 2 is 1.89 bits per heavy atom. The first-order valence-corrected chi connectivity index (χ1v) is 9.24. The third kappa shape index (κ3) is 3.29. The number of aliphatic hydroxyl groups is 1. The molecule has 4 aromatic rings. The van der Waals surface area contributed by atoms with Crippen molar-refractivity contribution in [2.75, 3.05) is 20.3 Å². The molecule has 0 saturated heterocycles. The van der Waals surface area contributed by atoms with Crippen molar-refractivity contribution in [2.45, 2.75) is 13.8 Å². The minimum absolute atomic E-state index is 0.0515. The highest BCUT2D eigenvalue weighted by atomic mass is 32.1. The van der Waals surface area contributed by atoms with Gasteiger partial charge in [0.15, 0.2) is 0 Å². The van der Waals surface area contributed by atoms with Crippen LogP contribution in [-0.4, -0.2) is 45.4 Å². The zero-order valence-corrected chi connectivity index (χ0v) is 16.0. The lowest BCUT2D eigenvalue weighted by molar-refractivity contribution is 0.197. The molecule has 0 atom stereocenters. The summed E-state index contributed by atoms with van der Waals surface area (Å²) in [5, 5.41) is 9.77. The number of hydrogen-bond donors (Lipinski definition) is 1. The Balaban J connectivity index is 1.88. The van der Waals surface area contributed by atoms with Crippen molar-refractivity contribution in [3.05, 3.63) is 35.5 Å². The molecule has 0 fully saturated rings. The summed E-state index contributed by atoms with van der Waals surface area (Å²) in [6.07, 6.45) is 1.61. The van der Waals surface area contributed by atoms with E-state index in [1.54, 1.807) is 13.3 Å². The van der Waals surface area contributed by atoms with Gasteiger partial charge in [0.05, 0.1) is 30.9 Å². The van der Waals surface area contributed by atoms with Gasteiger partial charge in [0.25, 0.3) is 0 Å². The fourth-order valence-corrected chi connectivity index (χ4v) is 3.90. The van der Waals surface area contributed by atoms with Crippen LogP contribution >= 0.6 is 11.3 Å². The molecule has 0 radical (unpaired) electrons. The average Bonchev–Trinajstić information content (AvgIpc) is 3.09. The number of fused-ring (bicyclic) bond motifs is 2. The lowest BCUT2D eigenvalue weighted by Gasteiger charge is -2.06. The lowest BCUT2D eigenvalue weighted by Crippen LogP contribution is -2.03. The van der Waals surface area contributed by atoms with Crippen LogP contribution in [0, 0.1) is 13.8 Å². The van der Waals surface area contributed by atoms with Crippen LogP contribution in [0.15, 0.2) is 24.4 Å². The molecule has 0 spiro atoms. The van der Waals surface area contributed by atoms with Gasteiger partial charge in [0.2, 0.25) is 11.8 Å². The number of methoxy groups -OCH3 is 1. The molecule has 3 aromatic heterocycles. The second kappa shape index (κ2) is 7.05. The Labute approximate surface area is 159 Å². The molecule has 1 N–H and O–H groups in total. The Morgan fingerprint density at radius 3 is 2.67 bits per heavy atom. The molecule has 0 unspecified atom stereocenters. The molecule has 7 nitrogen and oxygen atoms in total. The summed E-state index contributed by atoms with van der Waals surface area (Å²) in [7, 11) is 1.57. The van der Waals surface area contributed by atoms with Crippen molar-refractivity contribution in [3.8, 4) is 22.3 Å². The van der Waals surface area contributed by atoms with Gasteiger partial charge in [-0.3, -0.25) is 0 Å². The van der Waals surface area contributed by atoms with E-state index in [0.29, 0.717) is 11.8 Å². The highest BCUT2D eigenvalue weighted by molar-refractivity contribution is 7.21. The van der Waals surface area contributed by atoms with E-state index in [0.717, 1.165) is 43.1 Å². The monoisotopic (exact) mass is 382 g/mol. The van der Waals surface area contributed by atoms with Crippen molar-refractivity contribution >= 4 is 32.7 Å². The maximum Gasteiger partial charge on any atom is 0.232 e. The largest absolute Gasteiger partial charge is 0.480 e. The smallest absolute Gasteiger partial charge is 0.232 e. The first kappa shape index (κ1) is 17.6. The molecule has 138 valence electrons. The molecule has 4 rings (SSSR count). The van der Waals surface area contributed by atoms with E-state index in [-0.39, 0.29) is 13.2 Å². The van der Waals surface area contributed by atoms with Crippen molar-refractivity contribution in [1.29, 1.82) is 0 Å². The number of ether oxygens (including phenoxy) is 2. The van der Waals surface area contributed by atoms with Crippen LogP contribution in [0.25, 0.3) is 32.0 Å². The maximum atomic E-state index is 8.94. The standard InChI is InChI=1S/C19H18N4O3S/c1-10-6-12(17-13(7-10)21-15(25-3)9-20-17)18-23-16-11(2)8-14(26-5-4-24)22-19(16)27-18/h6-9,24H,4-5H2,1-3H3. The number of hydrogen-bond acceptors (Lipinski definition) is 8. The summed E-state index contributed by atoms with van der Waals surface area (Å²) >= 11 is 1.48. The first-order valence-electron chi connectivity index (χ1n) is 8.42. The molecule has 1 aromatic carbocycles. The number of aliphatic hydroxyl groups excluding tert-OH is 1. The average molecular weight is 382 g/mol.